The highest BCUT2D eigenvalue weighted by Crippen LogP contribution is 2.24. The van der Waals surface area contributed by atoms with Gasteiger partial charge in [0, 0.05) is 13.0 Å². The lowest BCUT2D eigenvalue weighted by Crippen LogP contribution is -2.33. The highest BCUT2D eigenvalue weighted by molar-refractivity contribution is 5.89. The number of aromatic nitrogens is 4. The number of hydrogen-bond acceptors (Lipinski definition) is 6. The van der Waals surface area contributed by atoms with Gasteiger partial charge in [0.2, 0.25) is 0 Å². The van der Waals surface area contributed by atoms with Gasteiger partial charge >= 0.3 is 11.8 Å². The monoisotopic (exact) mass is 345 g/mol. The zero-order valence-electron chi connectivity index (χ0n) is 14.2. The third-order valence-electron chi connectivity index (χ3n) is 3.27. The van der Waals surface area contributed by atoms with Gasteiger partial charge < -0.3 is 24.5 Å². The number of para-hydroxylation sites is 1. The lowest BCUT2D eigenvalue weighted by atomic mass is 10.2. The Bertz CT molecular complexity index is 947. The molecule has 0 aliphatic rings. The first-order valence-electron chi connectivity index (χ1n) is 7.83. The van der Waals surface area contributed by atoms with Crippen molar-refractivity contribution in [2.45, 2.75) is 32.8 Å². The maximum atomic E-state index is 11.6. The molecule has 0 spiro atoms. The van der Waals surface area contributed by atoms with Crippen molar-refractivity contribution in [3.05, 3.63) is 34.5 Å². The first kappa shape index (κ1) is 16.7. The van der Waals surface area contributed by atoms with Crippen molar-refractivity contribution in [3.63, 3.8) is 0 Å². The molecule has 1 amide bonds. The SMILES string of the molecule is CC(C)(C)OC(=O)NCCc1noc(-c2cccc3[nH]c(=O)[nH]c23)n1. The number of rotatable bonds is 4. The van der Waals surface area contributed by atoms with Crippen LogP contribution in [0.4, 0.5) is 4.79 Å². The van der Waals surface area contributed by atoms with Crippen molar-refractivity contribution in [1.29, 1.82) is 0 Å². The molecule has 25 heavy (non-hydrogen) atoms. The summed E-state index contributed by atoms with van der Waals surface area (Å²) in [5, 5.41) is 6.53. The highest BCUT2D eigenvalue weighted by Gasteiger charge is 2.17. The first-order chi connectivity index (χ1) is 11.8. The molecule has 0 fully saturated rings. The minimum Gasteiger partial charge on any atom is -0.444 e. The van der Waals surface area contributed by atoms with Crippen molar-refractivity contribution in [2.24, 2.45) is 0 Å². The van der Waals surface area contributed by atoms with Crippen molar-refractivity contribution >= 4 is 17.1 Å². The van der Waals surface area contributed by atoms with Gasteiger partial charge in [0.15, 0.2) is 5.82 Å². The number of nitrogens with one attached hydrogen (secondary N) is 3. The van der Waals surface area contributed by atoms with E-state index in [2.05, 4.69) is 25.4 Å². The molecule has 0 unspecified atom stereocenters. The lowest BCUT2D eigenvalue weighted by molar-refractivity contribution is 0.0528. The number of alkyl carbamates (subject to hydrolysis) is 1. The van der Waals surface area contributed by atoms with Crippen molar-refractivity contribution in [2.75, 3.05) is 6.54 Å². The Kier molecular flexibility index (Phi) is 4.30. The van der Waals surface area contributed by atoms with Gasteiger partial charge in [-0.15, -0.1) is 0 Å². The topological polar surface area (TPSA) is 126 Å². The van der Waals surface area contributed by atoms with Crippen LogP contribution in [0, 0.1) is 0 Å². The first-order valence-corrected chi connectivity index (χ1v) is 7.83. The maximum Gasteiger partial charge on any atom is 0.407 e. The van der Waals surface area contributed by atoms with Crippen LogP contribution in [-0.4, -0.2) is 38.3 Å². The zero-order chi connectivity index (χ0) is 18.0. The molecule has 0 saturated heterocycles. The fraction of sp³-hybridized carbons (Fsp3) is 0.375. The van der Waals surface area contributed by atoms with Crippen molar-refractivity contribution < 1.29 is 14.1 Å². The summed E-state index contributed by atoms with van der Waals surface area (Å²) >= 11 is 0. The number of carbonyl (C=O) groups excluding carboxylic acids is 1. The average molecular weight is 345 g/mol. The second-order valence-electron chi connectivity index (χ2n) is 6.50. The number of benzene rings is 1. The molecule has 2 heterocycles. The summed E-state index contributed by atoms with van der Waals surface area (Å²) in [7, 11) is 0. The Balaban J connectivity index is 1.66. The van der Waals surface area contributed by atoms with Gasteiger partial charge in [-0.3, -0.25) is 0 Å². The minimum absolute atomic E-state index is 0.299. The van der Waals surface area contributed by atoms with Crippen LogP contribution < -0.4 is 11.0 Å². The Hall–Kier alpha value is -3.10. The number of amides is 1. The molecule has 1 aromatic carbocycles. The van der Waals surface area contributed by atoms with Crippen LogP contribution in [0.3, 0.4) is 0 Å². The van der Waals surface area contributed by atoms with Crippen LogP contribution in [0.2, 0.25) is 0 Å². The molecule has 3 rings (SSSR count). The summed E-state index contributed by atoms with van der Waals surface area (Å²) in [4.78, 5) is 32.7. The standard InChI is InChI=1S/C16H19N5O4/c1-16(2,3)24-15(23)17-8-7-11-19-13(25-21-11)9-5-4-6-10-12(9)20-14(22)18-10/h4-6H,7-8H2,1-3H3,(H,17,23)(H2,18,20,22). The largest absolute Gasteiger partial charge is 0.444 e. The number of imidazole rings is 1. The fourth-order valence-electron chi connectivity index (χ4n) is 2.29. The molecule has 9 heteroatoms. The molecule has 3 aromatic rings. The zero-order valence-corrected chi connectivity index (χ0v) is 14.2. The van der Waals surface area contributed by atoms with Gasteiger partial charge in [-0.1, -0.05) is 11.2 Å². The van der Waals surface area contributed by atoms with Crippen LogP contribution in [0.15, 0.2) is 27.5 Å². The molecule has 9 nitrogen and oxygen atoms in total. The number of H-pyrrole nitrogens is 2. The van der Waals surface area contributed by atoms with Crippen molar-refractivity contribution in [1.82, 2.24) is 25.4 Å². The highest BCUT2D eigenvalue weighted by atomic mass is 16.6. The minimum atomic E-state index is -0.546. The molecule has 0 saturated carbocycles. The Morgan fingerprint density at radius 3 is 2.88 bits per heavy atom. The predicted molar refractivity (Wildman–Crippen MR) is 90.2 cm³/mol. The second-order valence-corrected chi connectivity index (χ2v) is 6.50. The summed E-state index contributed by atoms with van der Waals surface area (Å²) in [6, 6.07) is 5.34. The van der Waals surface area contributed by atoms with E-state index < -0.39 is 11.7 Å². The molecule has 132 valence electrons. The Morgan fingerprint density at radius 1 is 1.32 bits per heavy atom. The Labute approximate surface area is 142 Å². The van der Waals surface area contributed by atoms with E-state index in [9.17, 15) is 9.59 Å². The number of fused-ring (bicyclic) bond motifs is 1. The van der Waals surface area contributed by atoms with Gasteiger partial charge in [0.1, 0.15) is 5.60 Å². The molecule has 0 bridgehead atoms. The molecule has 0 aliphatic heterocycles. The molecule has 2 aromatic heterocycles. The average Bonchev–Trinajstić information content (AvgIpc) is 3.10. The summed E-state index contributed by atoms with van der Waals surface area (Å²) in [6.07, 6.45) is -0.103. The van der Waals surface area contributed by atoms with E-state index >= 15 is 0 Å². The number of carbonyl (C=O) groups is 1. The van der Waals surface area contributed by atoms with E-state index in [1.165, 1.54) is 0 Å². The van der Waals surface area contributed by atoms with E-state index in [0.29, 0.717) is 41.3 Å². The molecule has 0 atom stereocenters. The van der Waals surface area contributed by atoms with Crippen LogP contribution >= 0.6 is 0 Å². The van der Waals surface area contributed by atoms with Gasteiger partial charge in [0.25, 0.3) is 5.89 Å². The second kappa shape index (κ2) is 6.42. The van der Waals surface area contributed by atoms with E-state index in [4.69, 9.17) is 9.26 Å². The lowest BCUT2D eigenvalue weighted by Gasteiger charge is -2.19. The number of ether oxygens (including phenoxy) is 1. The maximum absolute atomic E-state index is 11.6. The summed E-state index contributed by atoms with van der Waals surface area (Å²) < 4.78 is 10.4. The molecule has 3 N–H and O–H groups in total. The number of hydrogen-bond donors (Lipinski definition) is 3. The van der Waals surface area contributed by atoms with E-state index in [1.54, 1.807) is 39.0 Å². The molecular weight excluding hydrogens is 326 g/mol. The van der Waals surface area contributed by atoms with Crippen LogP contribution in [-0.2, 0) is 11.2 Å². The van der Waals surface area contributed by atoms with E-state index in [1.807, 2.05) is 0 Å². The summed E-state index contributed by atoms with van der Waals surface area (Å²) in [5.41, 5.74) is 1.05. The van der Waals surface area contributed by atoms with Crippen molar-refractivity contribution in [3.8, 4) is 11.5 Å². The van der Waals surface area contributed by atoms with Crippen LogP contribution in [0.1, 0.15) is 26.6 Å². The fourth-order valence-corrected chi connectivity index (χ4v) is 2.29. The van der Waals surface area contributed by atoms with Crippen LogP contribution in [0.25, 0.3) is 22.5 Å². The smallest absolute Gasteiger partial charge is 0.407 e. The van der Waals surface area contributed by atoms with Crippen LogP contribution in [0.5, 0.6) is 0 Å². The quantitative estimate of drug-likeness (QED) is 0.664. The van der Waals surface area contributed by atoms with Gasteiger partial charge in [-0.05, 0) is 32.9 Å². The molecule has 0 radical (unpaired) electrons. The van der Waals surface area contributed by atoms with Gasteiger partial charge in [0.05, 0.1) is 16.6 Å². The third-order valence-corrected chi connectivity index (χ3v) is 3.27. The normalized spacial score (nSPS) is 11.6. The van der Waals surface area contributed by atoms with E-state index in [-0.39, 0.29) is 5.69 Å². The molecule has 0 aliphatic carbocycles. The molecular formula is C16H19N5O4. The summed E-state index contributed by atoms with van der Waals surface area (Å²) in [5.74, 6) is 0.745. The van der Waals surface area contributed by atoms with E-state index in [0.717, 1.165) is 0 Å². The summed E-state index contributed by atoms with van der Waals surface area (Å²) in [6.45, 7) is 5.71. The number of aromatic amines is 2. The Morgan fingerprint density at radius 2 is 2.12 bits per heavy atom. The van der Waals surface area contributed by atoms with Gasteiger partial charge in [-0.2, -0.15) is 4.98 Å². The predicted octanol–water partition coefficient (Wildman–Crippen LogP) is 1.97. The van der Waals surface area contributed by atoms with Gasteiger partial charge in [-0.25, -0.2) is 9.59 Å². The number of nitrogens with zero attached hydrogens (tertiary/aromatic N) is 2. The third kappa shape index (κ3) is 4.06.